The van der Waals surface area contributed by atoms with Crippen LogP contribution in [0.2, 0.25) is 5.02 Å². The molecule has 0 bridgehead atoms. The van der Waals surface area contributed by atoms with Crippen molar-refractivity contribution in [2.45, 2.75) is 14.4 Å². The minimum atomic E-state index is -0.214. The Morgan fingerprint density at radius 1 is 1.23 bits per heavy atom. The van der Waals surface area contributed by atoms with E-state index < -0.39 is 0 Å². The van der Waals surface area contributed by atoms with Crippen LogP contribution in [0.25, 0.3) is 0 Å². The molecule has 0 radical (unpaired) electrons. The maximum Gasteiger partial charge on any atom is 0.250 e. The van der Waals surface area contributed by atoms with E-state index in [0.717, 1.165) is 40.8 Å². The van der Waals surface area contributed by atoms with Gasteiger partial charge in [-0.05, 0) is 57.4 Å². The number of benzene rings is 2. The van der Waals surface area contributed by atoms with Gasteiger partial charge in [0.15, 0.2) is 8.68 Å². The van der Waals surface area contributed by atoms with E-state index in [1.165, 1.54) is 23.1 Å². The normalized spacial score (nSPS) is 11.0. The SMILES string of the molecule is COc1ccc(/C=N\NC(=O)CSc2nnc(SCc3ccc(Cl)cc3)s2)cc1Br. The van der Waals surface area contributed by atoms with Gasteiger partial charge in [0.25, 0.3) is 5.91 Å². The second-order valence-electron chi connectivity index (χ2n) is 5.72. The lowest BCUT2D eigenvalue weighted by Gasteiger charge is -2.03. The summed E-state index contributed by atoms with van der Waals surface area (Å²) in [6.45, 7) is 0. The first-order chi connectivity index (χ1) is 14.5. The van der Waals surface area contributed by atoms with Crippen molar-refractivity contribution in [3.05, 3.63) is 63.1 Å². The lowest BCUT2D eigenvalue weighted by Crippen LogP contribution is -2.19. The fourth-order valence-corrected chi connectivity index (χ4v) is 5.59. The minimum Gasteiger partial charge on any atom is -0.496 e. The number of hydrogen-bond acceptors (Lipinski definition) is 8. The minimum absolute atomic E-state index is 0.208. The predicted molar refractivity (Wildman–Crippen MR) is 128 cm³/mol. The molecule has 6 nitrogen and oxygen atoms in total. The van der Waals surface area contributed by atoms with Crippen LogP contribution in [0.3, 0.4) is 0 Å². The van der Waals surface area contributed by atoms with Crippen LogP contribution in [0.15, 0.2) is 60.7 Å². The number of carbonyl (C=O) groups excluding carboxylic acids is 1. The molecule has 1 heterocycles. The van der Waals surface area contributed by atoms with Gasteiger partial charge in [0, 0.05) is 10.8 Å². The van der Waals surface area contributed by atoms with Crippen molar-refractivity contribution in [2.75, 3.05) is 12.9 Å². The zero-order chi connectivity index (χ0) is 21.3. The Morgan fingerprint density at radius 3 is 2.67 bits per heavy atom. The molecule has 1 amide bonds. The van der Waals surface area contributed by atoms with Crippen LogP contribution >= 0.6 is 62.4 Å². The molecular weight excluding hydrogens is 528 g/mol. The Morgan fingerprint density at radius 2 is 1.97 bits per heavy atom. The monoisotopic (exact) mass is 542 g/mol. The van der Waals surface area contributed by atoms with E-state index in [1.54, 1.807) is 25.1 Å². The second kappa shape index (κ2) is 11.7. The fraction of sp³-hybridized carbons (Fsp3) is 0.158. The van der Waals surface area contributed by atoms with Gasteiger partial charge in [0.05, 0.1) is 23.5 Å². The number of rotatable bonds is 9. The summed E-state index contributed by atoms with van der Waals surface area (Å²) in [5.74, 6) is 1.51. The average Bonchev–Trinajstić information content (AvgIpc) is 3.20. The zero-order valence-corrected chi connectivity index (χ0v) is 20.5. The van der Waals surface area contributed by atoms with Crippen LogP contribution in [0.5, 0.6) is 5.75 Å². The number of methoxy groups -OCH3 is 1. The van der Waals surface area contributed by atoms with Crippen molar-refractivity contribution in [2.24, 2.45) is 5.10 Å². The molecule has 1 aromatic heterocycles. The molecule has 0 fully saturated rings. The van der Waals surface area contributed by atoms with Crippen LogP contribution < -0.4 is 10.2 Å². The van der Waals surface area contributed by atoms with Gasteiger partial charge >= 0.3 is 0 Å². The van der Waals surface area contributed by atoms with E-state index in [0.29, 0.717) is 0 Å². The Hall–Kier alpha value is -1.59. The molecule has 0 aliphatic rings. The van der Waals surface area contributed by atoms with Crippen LogP contribution in [0.1, 0.15) is 11.1 Å². The summed E-state index contributed by atoms with van der Waals surface area (Å²) in [4.78, 5) is 12.0. The van der Waals surface area contributed by atoms with Gasteiger partial charge in [-0.25, -0.2) is 5.43 Å². The van der Waals surface area contributed by atoms with Crippen molar-refractivity contribution in [1.82, 2.24) is 15.6 Å². The third-order valence-corrected chi connectivity index (χ3v) is 7.70. The number of ether oxygens (including phenoxy) is 1. The van der Waals surface area contributed by atoms with Crippen molar-refractivity contribution >= 4 is 74.5 Å². The molecule has 0 saturated carbocycles. The Bertz CT molecular complexity index is 1030. The molecule has 0 saturated heterocycles. The Balaban J connectivity index is 1.41. The summed E-state index contributed by atoms with van der Waals surface area (Å²) in [6.07, 6.45) is 1.57. The molecule has 3 rings (SSSR count). The number of hydrazone groups is 1. The number of thioether (sulfide) groups is 2. The number of aromatic nitrogens is 2. The van der Waals surface area contributed by atoms with Crippen molar-refractivity contribution < 1.29 is 9.53 Å². The summed E-state index contributed by atoms with van der Waals surface area (Å²) in [6, 6.07) is 13.2. The highest BCUT2D eigenvalue weighted by Gasteiger charge is 2.09. The predicted octanol–water partition coefficient (Wildman–Crippen LogP) is 5.50. The largest absolute Gasteiger partial charge is 0.496 e. The van der Waals surface area contributed by atoms with Crippen LogP contribution in [0, 0.1) is 0 Å². The highest BCUT2D eigenvalue weighted by atomic mass is 79.9. The van der Waals surface area contributed by atoms with Gasteiger partial charge < -0.3 is 4.74 Å². The summed E-state index contributed by atoms with van der Waals surface area (Å²) in [5, 5.41) is 13.0. The van der Waals surface area contributed by atoms with Crippen molar-refractivity contribution in [3.63, 3.8) is 0 Å². The maximum absolute atomic E-state index is 12.0. The molecule has 0 spiro atoms. The van der Waals surface area contributed by atoms with E-state index in [-0.39, 0.29) is 11.7 Å². The maximum atomic E-state index is 12.0. The highest BCUT2D eigenvalue weighted by molar-refractivity contribution is 9.10. The number of nitrogens with one attached hydrogen (secondary N) is 1. The number of carbonyl (C=O) groups is 1. The zero-order valence-electron chi connectivity index (χ0n) is 15.7. The highest BCUT2D eigenvalue weighted by Crippen LogP contribution is 2.31. The number of nitrogens with zero attached hydrogens (tertiary/aromatic N) is 3. The van der Waals surface area contributed by atoms with Gasteiger partial charge in [-0.15, -0.1) is 10.2 Å². The lowest BCUT2D eigenvalue weighted by molar-refractivity contribution is -0.118. The quantitative estimate of drug-likeness (QED) is 0.218. The molecule has 0 atom stereocenters. The van der Waals surface area contributed by atoms with Crippen molar-refractivity contribution in [1.29, 1.82) is 0 Å². The topological polar surface area (TPSA) is 76.5 Å². The smallest absolute Gasteiger partial charge is 0.250 e. The molecule has 0 unspecified atom stereocenters. The first kappa shape index (κ1) is 23.1. The molecule has 2 aromatic carbocycles. The summed E-state index contributed by atoms with van der Waals surface area (Å²) in [5.41, 5.74) is 4.51. The first-order valence-corrected chi connectivity index (χ1v) is 12.5. The fourth-order valence-electron chi connectivity index (χ4n) is 2.14. The van der Waals surface area contributed by atoms with E-state index in [1.807, 2.05) is 42.5 Å². The number of amides is 1. The third-order valence-electron chi connectivity index (χ3n) is 3.57. The molecule has 156 valence electrons. The molecule has 3 aromatic rings. The van der Waals surface area contributed by atoms with Crippen LogP contribution in [-0.2, 0) is 10.5 Å². The number of hydrogen-bond donors (Lipinski definition) is 1. The van der Waals surface area contributed by atoms with Gasteiger partial charge in [0.2, 0.25) is 0 Å². The van der Waals surface area contributed by atoms with Gasteiger partial charge in [0.1, 0.15) is 5.75 Å². The summed E-state index contributed by atoms with van der Waals surface area (Å²) in [7, 11) is 1.60. The van der Waals surface area contributed by atoms with E-state index in [2.05, 4.69) is 36.7 Å². The molecule has 0 aliphatic heterocycles. The molecule has 1 N–H and O–H groups in total. The lowest BCUT2D eigenvalue weighted by atomic mass is 10.2. The molecule has 11 heteroatoms. The molecule has 0 aliphatic carbocycles. The second-order valence-corrected chi connectivity index (χ2v) is 10.4. The van der Waals surface area contributed by atoms with E-state index in [9.17, 15) is 4.79 Å². The summed E-state index contributed by atoms with van der Waals surface area (Å²) >= 11 is 13.7. The van der Waals surface area contributed by atoms with Crippen LogP contribution in [-0.4, -0.2) is 35.2 Å². The molecule has 30 heavy (non-hydrogen) atoms. The van der Waals surface area contributed by atoms with E-state index >= 15 is 0 Å². The van der Waals surface area contributed by atoms with Crippen molar-refractivity contribution in [3.8, 4) is 5.75 Å². The van der Waals surface area contributed by atoms with Crippen LogP contribution in [0.4, 0.5) is 0 Å². The first-order valence-electron chi connectivity index (χ1n) is 8.52. The Labute approximate surface area is 200 Å². The third kappa shape index (κ3) is 7.28. The van der Waals surface area contributed by atoms with Gasteiger partial charge in [-0.1, -0.05) is 58.6 Å². The summed E-state index contributed by atoms with van der Waals surface area (Å²) < 4.78 is 7.60. The molecular formula is C19H16BrClN4O2S3. The Kier molecular flexibility index (Phi) is 9.01. The van der Waals surface area contributed by atoms with Gasteiger partial charge in [-0.3, -0.25) is 4.79 Å². The standard InChI is InChI=1S/C19H16BrClN4O2S3/c1-27-16-7-4-13(8-15(16)20)9-22-23-17(26)11-29-19-25-24-18(30-19)28-10-12-2-5-14(21)6-3-12/h2-9H,10-11H2,1H3,(H,23,26)/b22-9-. The van der Waals surface area contributed by atoms with E-state index in [4.69, 9.17) is 16.3 Å². The number of halogens is 2. The average molecular weight is 544 g/mol. The van der Waals surface area contributed by atoms with Gasteiger partial charge in [-0.2, -0.15) is 5.10 Å².